The molecular formula is C16H29N3O2. The topological polar surface area (TPSA) is 61.4 Å². The average molecular weight is 295 g/mol. The molecule has 0 spiro atoms. The Morgan fingerprint density at radius 1 is 1.14 bits per heavy atom. The maximum absolute atomic E-state index is 12.3. The zero-order valence-corrected chi connectivity index (χ0v) is 13.5. The SMILES string of the molecule is CC1CCCCC1NC(=O)C(C)N(C)CC(=O)NC1CC1. The lowest BCUT2D eigenvalue weighted by molar-refractivity contribution is -0.128. The highest BCUT2D eigenvalue weighted by Gasteiger charge is 2.28. The van der Waals surface area contributed by atoms with Gasteiger partial charge in [-0.05, 0) is 45.6 Å². The predicted octanol–water partition coefficient (Wildman–Crippen LogP) is 1.28. The molecule has 2 aliphatic carbocycles. The molecule has 2 fully saturated rings. The van der Waals surface area contributed by atoms with E-state index in [-0.39, 0.29) is 24.4 Å². The third-order valence-corrected chi connectivity index (χ3v) is 4.82. The molecule has 0 aromatic rings. The molecule has 0 radical (unpaired) electrons. The second kappa shape index (κ2) is 7.25. The van der Waals surface area contributed by atoms with Crippen molar-refractivity contribution in [3.8, 4) is 0 Å². The zero-order valence-electron chi connectivity index (χ0n) is 13.5. The summed E-state index contributed by atoms with van der Waals surface area (Å²) in [7, 11) is 1.83. The van der Waals surface area contributed by atoms with Gasteiger partial charge < -0.3 is 10.6 Å². The van der Waals surface area contributed by atoms with Crippen LogP contribution < -0.4 is 10.6 Å². The molecule has 0 aromatic heterocycles. The van der Waals surface area contributed by atoms with Gasteiger partial charge >= 0.3 is 0 Å². The average Bonchev–Trinajstić information content (AvgIpc) is 3.24. The molecule has 5 heteroatoms. The van der Waals surface area contributed by atoms with Crippen LogP contribution in [0.25, 0.3) is 0 Å². The van der Waals surface area contributed by atoms with Crippen LogP contribution >= 0.6 is 0 Å². The summed E-state index contributed by atoms with van der Waals surface area (Å²) in [6, 6.07) is 0.393. The number of likely N-dealkylation sites (N-methyl/N-ethyl adjacent to an activating group) is 1. The van der Waals surface area contributed by atoms with E-state index in [0.29, 0.717) is 18.0 Å². The van der Waals surface area contributed by atoms with E-state index in [1.54, 1.807) is 0 Å². The first-order valence-electron chi connectivity index (χ1n) is 8.27. The molecule has 3 unspecified atom stereocenters. The lowest BCUT2D eigenvalue weighted by Gasteiger charge is -2.32. The third-order valence-electron chi connectivity index (χ3n) is 4.82. The lowest BCUT2D eigenvalue weighted by atomic mass is 9.86. The van der Waals surface area contributed by atoms with E-state index in [4.69, 9.17) is 0 Å². The number of nitrogens with one attached hydrogen (secondary N) is 2. The largest absolute Gasteiger partial charge is 0.352 e. The van der Waals surface area contributed by atoms with E-state index in [0.717, 1.165) is 19.3 Å². The number of hydrogen-bond acceptors (Lipinski definition) is 3. The fraction of sp³-hybridized carbons (Fsp3) is 0.875. The molecule has 0 saturated heterocycles. The summed E-state index contributed by atoms with van der Waals surface area (Å²) in [5, 5.41) is 6.12. The van der Waals surface area contributed by atoms with Crippen molar-refractivity contribution < 1.29 is 9.59 Å². The van der Waals surface area contributed by atoms with Gasteiger partial charge in [0.25, 0.3) is 0 Å². The van der Waals surface area contributed by atoms with Crippen molar-refractivity contribution in [1.82, 2.24) is 15.5 Å². The van der Waals surface area contributed by atoms with Gasteiger partial charge in [0.15, 0.2) is 0 Å². The molecule has 0 bridgehead atoms. The number of nitrogens with zero attached hydrogens (tertiary/aromatic N) is 1. The standard InChI is InChI=1S/C16H29N3O2/c1-11-6-4-5-7-14(11)18-16(21)12(2)19(3)10-15(20)17-13-8-9-13/h11-14H,4-10H2,1-3H3,(H,17,20)(H,18,21). The van der Waals surface area contributed by atoms with Gasteiger partial charge in [-0.3, -0.25) is 14.5 Å². The Kier molecular flexibility index (Phi) is 5.62. The van der Waals surface area contributed by atoms with E-state index in [2.05, 4.69) is 17.6 Å². The smallest absolute Gasteiger partial charge is 0.237 e. The Balaban J connectivity index is 1.75. The van der Waals surface area contributed by atoms with Crippen molar-refractivity contribution in [1.29, 1.82) is 0 Å². The fourth-order valence-corrected chi connectivity index (χ4v) is 2.90. The Morgan fingerprint density at radius 2 is 1.81 bits per heavy atom. The highest BCUT2D eigenvalue weighted by Crippen LogP contribution is 2.23. The van der Waals surface area contributed by atoms with E-state index in [1.165, 1.54) is 19.3 Å². The summed E-state index contributed by atoms with van der Waals surface area (Å²) in [4.78, 5) is 25.9. The van der Waals surface area contributed by atoms with Crippen LogP contribution in [0.3, 0.4) is 0 Å². The highest BCUT2D eigenvalue weighted by atomic mass is 16.2. The summed E-state index contributed by atoms with van der Waals surface area (Å²) < 4.78 is 0. The summed E-state index contributed by atoms with van der Waals surface area (Å²) in [5.41, 5.74) is 0. The number of amides is 2. The Morgan fingerprint density at radius 3 is 2.43 bits per heavy atom. The van der Waals surface area contributed by atoms with Gasteiger partial charge in [0, 0.05) is 12.1 Å². The number of carbonyl (C=O) groups is 2. The highest BCUT2D eigenvalue weighted by molar-refractivity contribution is 5.83. The van der Waals surface area contributed by atoms with Gasteiger partial charge in [-0.2, -0.15) is 0 Å². The minimum absolute atomic E-state index is 0.0192. The molecule has 3 atom stereocenters. The molecule has 2 rings (SSSR count). The van der Waals surface area contributed by atoms with Crippen LogP contribution in [0.2, 0.25) is 0 Å². The van der Waals surface area contributed by atoms with Crippen molar-refractivity contribution in [3.63, 3.8) is 0 Å². The number of rotatable bonds is 6. The van der Waals surface area contributed by atoms with Crippen molar-refractivity contribution in [2.24, 2.45) is 5.92 Å². The second-order valence-corrected chi connectivity index (χ2v) is 6.81. The van der Waals surface area contributed by atoms with Crippen LogP contribution in [0.15, 0.2) is 0 Å². The van der Waals surface area contributed by atoms with Crippen LogP contribution in [0.5, 0.6) is 0 Å². The van der Waals surface area contributed by atoms with Gasteiger partial charge in [0.2, 0.25) is 11.8 Å². The predicted molar refractivity (Wildman–Crippen MR) is 82.8 cm³/mol. The van der Waals surface area contributed by atoms with Crippen LogP contribution in [-0.2, 0) is 9.59 Å². The Labute approximate surface area is 127 Å². The monoisotopic (exact) mass is 295 g/mol. The second-order valence-electron chi connectivity index (χ2n) is 6.81. The quantitative estimate of drug-likeness (QED) is 0.776. The minimum atomic E-state index is -0.274. The first-order chi connectivity index (χ1) is 9.97. The first-order valence-corrected chi connectivity index (χ1v) is 8.27. The van der Waals surface area contributed by atoms with E-state index in [9.17, 15) is 9.59 Å². The first kappa shape index (κ1) is 16.3. The molecule has 2 aliphatic rings. The van der Waals surface area contributed by atoms with Gasteiger partial charge in [-0.1, -0.05) is 19.8 Å². The maximum Gasteiger partial charge on any atom is 0.237 e. The molecule has 21 heavy (non-hydrogen) atoms. The Bertz CT molecular complexity index is 382. The van der Waals surface area contributed by atoms with Crippen LogP contribution in [0, 0.1) is 5.92 Å². The lowest BCUT2D eigenvalue weighted by Crippen LogP contribution is -2.51. The van der Waals surface area contributed by atoms with E-state index in [1.807, 2.05) is 18.9 Å². The normalized spacial score (nSPS) is 27.2. The van der Waals surface area contributed by atoms with Crippen LogP contribution in [0.4, 0.5) is 0 Å². The van der Waals surface area contributed by atoms with Crippen LogP contribution in [-0.4, -0.2) is 48.4 Å². The third kappa shape index (κ3) is 4.99. The van der Waals surface area contributed by atoms with E-state index < -0.39 is 0 Å². The summed E-state index contributed by atoms with van der Waals surface area (Å²) in [5.74, 6) is 0.611. The van der Waals surface area contributed by atoms with Crippen LogP contribution in [0.1, 0.15) is 52.4 Å². The van der Waals surface area contributed by atoms with Gasteiger partial charge in [0.1, 0.15) is 0 Å². The number of hydrogen-bond donors (Lipinski definition) is 2. The Hall–Kier alpha value is -1.10. The van der Waals surface area contributed by atoms with Crippen molar-refractivity contribution in [2.75, 3.05) is 13.6 Å². The van der Waals surface area contributed by atoms with Gasteiger partial charge in [-0.25, -0.2) is 0 Å². The van der Waals surface area contributed by atoms with Crippen molar-refractivity contribution in [3.05, 3.63) is 0 Å². The van der Waals surface area contributed by atoms with Gasteiger partial charge in [-0.15, -0.1) is 0 Å². The molecule has 2 amide bonds. The summed E-state index contributed by atoms with van der Waals surface area (Å²) in [6.45, 7) is 4.36. The van der Waals surface area contributed by atoms with Crippen molar-refractivity contribution >= 4 is 11.8 Å². The fourth-order valence-electron chi connectivity index (χ4n) is 2.90. The van der Waals surface area contributed by atoms with Gasteiger partial charge in [0.05, 0.1) is 12.6 Å². The number of carbonyl (C=O) groups excluding carboxylic acids is 2. The molecule has 0 heterocycles. The zero-order chi connectivity index (χ0) is 15.4. The van der Waals surface area contributed by atoms with Crippen molar-refractivity contribution in [2.45, 2.75) is 70.5 Å². The molecule has 0 aliphatic heterocycles. The molecule has 120 valence electrons. The summed E-state index contributed by atoms with van der Waals surface area (Å²) >= 11 is 0. The molecule has 2 N–H and O–H groups in total. The molecular weight excluding hydrogens is 266 g/mol. The molecule has 5 nitrogen and oxygen atoms in total. The minimum Gasteiger partial charge on any atom is -0.352 e. The summed E-state index contributed by atoms with van der Waals surface area (Å²) in [6.07, 6.45) is 6.91. The van der Waals surface area contributed by atoms with E-state index >= 15 is 0 Å². The molecule has 2 saturated carbocycles. The molecule has 0 aromatic carbocycles. The maximum atomic E-state index is 12.3.